The summed E-state index contributed by atoms with van der Waals surface area (Å²) in [5, 5.41) is 3.94. The third kappa shape index (κ3) is 1.77. The first-order valence-electron chi connectivity index (χ1n) is 5.87. The molecular formula is C12H14ClN3O. The number of benzene rings is 1. The Hall–Kier alpha value is -1.26. The van der Waals surface area contributed by atoms with Crippen LogP contribution in [0.4, 0.5) is 0 Å². The minimum atomic E-state index is -0.0556. The molecule has 0 aliphatic carbocycles. The molecule has 17 heavy (non-hydrogen) atoms. The van der Waals surface area contributed by atoms with Gasteiger partial charge in [0.25, 0.3) is 0 Å². The molecule has 1 fully saturated rings. The molecule has 2 heterocycles. The van der Waals surface area contributed by atoms with Gasteiger partial charge in [-0.05, 0) is 38.1 Å². The zero-order valence-electron chi connectivity index (χ0n) is 9.37. The van der Waals surface area contributed by atoms with Gasteiger partial charge >= 0.3 is 5.69 Å². The Kier molecular flexibility index (Phi) is 2.68. The van der Waals surface area contributed by atoms with Crippen LogP contribution < -0.4 is 11.0 Å². The first-order chi connectivity index (χ1) is 8.27. The Labute approximate surface area is 104 Å². The van der Waals surface area contributed by atoms with Crippen molar-refractivity contribution in [2.45, 2.75) is 18.9 Å². The van der Waals surface area contributed by atoms with Crippen molar-refractivity contribution in [1.82, 2.24) is 14.9 Å². The molecule has 1 aliphatic heterocycles. The van der Waals surface area contributed by atoms with Crippen molar-refractivity contribution in [3.05, 3.63) is 33.7 Å². The fraction of sp³-hybridized carbons (Fsp3) is 0.417. The summed E-state index contributed by atoms with van der Waals surface area (Å²) in [7, 11) is 0. The summed E-state index contributed by atoms with van der Waals surface area (Å²) in [5.74, 6) is 0. The fourth-order valence-electron chi connectivity index (χ4n) is 2.55. The van der Waals surface area contributed by atoms with Crippen LogP contribution in [0.15, 0.2) is 23.0 Å². The molecule has 0 amide bonds. The van der Waals surface area contributed by atoms with E-state index in [1.807, 2.05) is 22.8 Å². The molecule has 3 rings (SSSR count). The quantitative estimate of drug-likeness (QED) is 0.814. The van der Waals surface area contributed by atoms with E-state index in [1.165, 1.54) is 0 Å². The zero-order chi connectivity index (χ0) is 11.8. The van der Waals surface area contributed by atoms with Crippen molar-refractivity contribution >= 4 is 22.6 Å². The van der Waals surface area contributed by atoms with Crippen LogP contribution in [-0.4, -0.2) is 22.6 Å². The third-order valence-electron chi connectivity index (χ3n) is 3.36. The van der Waals surface area contributed by atoms with Crippen molar-refractivity contribution in [1.29, 1.82) is 0 Å². The van der Waals surface area contributed by atoms with Crippen LogP contribution in [0.3, 0.4) is 0 Å². The van der Waals surface area contributed by atoms with Crippen LogP contribution in [-0.2, 0) is 0 Å². The number of halogens is 1. The number of fused-ring (bicyclic) bond motifs is 1. The van der Waals surface area contributed by atoms with Gasteiger partial charge in [0.2, 0.25) is 0 Å². The molecule has 4 nitrogen and oxygen atoms in total. The highest BCUT2D eigenvalue weighted by molar-refractivity contribution is 6.34. The van der Waals surface area contributed by atoms with Gasteiger partial charge in [0, 0.05) is 6.04 Å². The molecule has 0 spiro atoms. The lowest BCUT2D eigenvalue weighted by atomic mass is 10.1. The monoisotopic (exact) mass is 251 g/mol. The van der Waals surface area contributed by atoms with Crippen molar-refractivity contribution in [3.63, 3.8) is 0 Å². The summed E-state index contributed by atoms with van der Waals surface area (Å²) >= 11 is 6.20. The maximum absolute atomic E-state index is 12.0. The van der Waals surface area contributed by atoms with E-state index in [-0.39, 0.29) is 11.7 Å². The number of imidazole rings is 1. The van der Waals surface area contributed by atoms with Gasteiger partial charge < -0.3 is 10.3 Å². The molecule has 0 bridgehead atoms. The summed E-state index contributed by atoms with van der Waals surface area (Å²) in [5.41, 5.74) is 1.60. The van der Waals surface area contributed by atoms with Crippen molar-refractivity contribution in [3.8, 4) is 0 Å². The summed E-state index contributed by atoms with van der Waals surface area (Å²) in [6.07, 6.45) is 1.94. The molecule has 1 aromatic heterocycles. The molecule has 2 N–H and O–H groups in total. The highest BCUT2D eigenvalue weighted by atomic mass is 35.5. The minimum absolute atomic E-state index is 0.0556. The number of nitrogens with zero attached hydrogens (tertiary/aromatic N) is 1. The van der Waals surface area contributed by atoms with Crippen molar-refractivity contribution < 1.29 is 0 Å². The standard InChI is InChI=1S/C12H14ClN3O/c13-9-2-1-3-10-11(9)16(12(17)15-10)8-4-6-14-7-5-8/h1-3,8,14H,4-7H2,(H,15,17). The van der Waals surface area contributed by atoms with Crippen LogP contribution >= 0.6 is 11.6 Å². The number of piperidine rings is 1. The second kappa shape index (κ2) is 4.20. The number of para-hydroxylation sites is 1. The normalized spacial score (nSPS) is 17.7. The maximum Gasteiger partial charge on any atom is 0.326 e. The molecular weight excluding hydrogens is 238 g/mol. The van der Waals surface area contributed by atoms with Gasteiger partial charge in [-0.3, -0.25) is 4.57 Å². The number of rotatable bonds is 1. The first kappa shape index (κ1) is 10.9. The predicted octanol–water partition coefficient (Wildman–Crippen LogP) is 1.91. The molecule has 0 radical (unpaired) electrons. The van der Waals surface area contributed by atoms with E-state index in [2.05, 4.69) is 10.3 Å². The molecule has 1 aliphatic rings. The van der Waals surface area contributed by atoms with Gasteiger partial charge in [-0.2, -0.15) is 0 Å². The topological polar surface area (TPSA) is 49.8 Å². The molecule has 1 saturated heterocycles. The highest BCUT2D eigenvalue weighted by Crippen LogP contribution is 2.26. The molecule has 90 valence electrons. The zero-order valence-corrected chi connectivity index (χ0v) is 10.1. The molecule has 2 aromatic rings. The van der Waals surface area contributed by atoms with Gasteiger partial charge in [0.1, 0.15) is 0 Å². The van der Waals surface area contributed by atoms with Crippen LogP contribution in [0.2, 0.25) is 5.02 Å². The van der Waals surface area contributed by atoms with Gasteiger partial charge in [-0.15, -0.1) is 0 Å². The number of hydrogen-bond acceptors (Lipinski definition) is 2. The average Bonchev–Trinajstić information content (AvgIpc) is 2.68. The van der Waals surface area contributed by atoms with Gasteiger partial charge in [-0.1, -0.05) is 17.7 Å². The van der Waals surface area contributed by atoms with E-state index in [4.69, 9.17) is 11.6 Å². The second-order valence-electron chi connectivity index (χ2n) is 4.42. The Morgan fingerprint density at radius 2 is 2.06 bits per heavy atom. The van der Waals surface area contributed by atoms with Gasteiger partial charge in [0.05, 0.1) is 16.1 Å². The lowest BCUT2D eigenvalue weighted by molar-refractivity contribution is 0.368. The SMILES string of the molecule is O=c1[nH]c2cccc(Cl)c2n1C1CCNCC1. The number of aromatic nitrogens is 2. The summed E-state index contributed by atoms with van der Waals surface area (Å²) in [6.45, 7) is 1.91. The van der Waals surface area contributed by atoms with E-state index >= 15 is 0 Å². The first-order valence-corrected chi connectivity index (χ1v) is 6.24. The maximum atomic E-state index is 12.0. The van der Waals surface area contributed by atoms with E-state index in [0.29, 0.717) is 5.02 Å². The summed E-state index contributed by atoms with van der Waals surface area (Å²) in [4.78, 5) is 14.9. The van der Waals surface area contributed by atoms with E-state index in [9.17, 15) is 4.79 Å². The Bertz CT molecular complexity index is 595. The van der Waals surface area contributed by atoms with Crippen molar-refractivity contribution in [2.24, 2.45) is 0 Å². The lowest BCUT2D eigenvalue weighted by Gasteiger charge is -2.24. The van der Waals surface area contributed by atoms with Crippen LogP contribution in [0, 0.1) is 0 Å². The molecule has 0 atom stereocenters. The summed E-state index contributed by atoms with van der Waals surface area (Å²) in [6, 6.07) is 5.82. The molecule has 5 heteroatoms. The molecule has 0 unspecified atom stereocenters. The molecule has 0 saturated carbocycles. The minimum Gasteiger partial charge on any atom is -0.317 e. The van der Waals surface area contributed by atoms with Crippen molar-refractivity contribution in [2.75, 3.05) is 13.1 Å². The smallest absolute Gasteiger partial charge is 0.317 e. The number of H-pyrrole nitrogens is 1. The summed E-state index contributed by atoms with van der Waals surface area (Å²) < 4.78 is 1.82. The number of nitrogens with one attached hydrogen (secondary N) is 2. The number of hydrogen-bond donors (Lipinski definition) is 2. The van der Waals surface area contributed by atoms with Crippen LogP contribution in [0.25, 0.3) is 11.0 Å². The Balaban J connectivity index is 2.20. The third-order valence-corrected chi connectivity index (χ3v) is 3.67. The Morgan fingerprint density at radius 3 is 2.82 bits per heavy atom. The lowest BCUT2D eigenvalue weighted by Crippen LogP contribution is -2.33. The van der Waals surface area contributed by atoms with E-state index < -0.39 is 0 Å². The predicted molar refractivity (Wildman–Crippen MR) is 68.7 cm³/mol. The number of aromatic amines is 1. The van der Waals surface area contributed by atoms with Gasteiger partial charge in [0.15, 0.2) is 0 Å². The van der Waals surface area contributed by atoms with Crippen LogP contribution in [0.1, 0.15) is 18.9 Å². The largest absolute Gasteiger partial charge is 0.326 e. The second-order valence-corrected chi connectivity index (χ2v) is 4.82. The van der Waals surface area contributed by atoms with Gasteiger partial charge in [-0.25, -0.2) is 4.79 Å². The van der Waals surface area contributed by atoms with Crippen LogP contribution in [0.5, 0.6) is 0 Å². The highest BCUT2D eigenvalue weighted by Gasteiger charge is 2.20. The average molecular weight is 252 g/mol. The Morgan fingerprint density at radius 1 is 1.29 bits per heavy atom. The van der Waals surface area contributed by atoms with E-state index in [0.717, 1.165) is 37.0 Å². The van der Waals surface area contributed by atoms with E-state index in [1.54, 1.807) is 0 Å². The fourth-order valence-corrected chi connectivity index (χ4v) is 2.82. The molecule has 1 aromatic carbocycles.